The first kappa shape index (κ1) is 26.2. The van der Waals surface area contributed by atoms with Gasteiger partial charge in [0.2, 0.25) is 0 Å². The molecule has 188 valence electrons. The molecule has 2 aromatic carbocycles. The fourth-order valence-corrected chi connectivity index (χ4v) is 4.57. The lowest BCUT2D eigenvalue weighted by atomic mass is 10.1. The fraction of sp³-hybridized carbons (Fsp3) is 0.444. The summed E-state index contributed by atoms with van der Waals surface area (Å²) < 4.78 is 16.3. The van der Waals surface area contributed by atoms with E-state index in [9.17, 15) is 14.4 Å². The Kier molecular flexibility index (Phi) is 8.87. The molecule has 2 aromatic rings. The summed E-state index contributed by atoms with van der Waals surface area (Å²) in [6.07, 6.45) is 1.86. The van der Waals surface area contributed by atoms with E-state index in [2.05, 4.69) is 5.32 Å². The molecule has 0 radical (unpaired) electrons. The Hall–Kier alpha value is -3.39. The Morgan fingerprint density at radius 1 is 1.06 bits per heavy atom. The lowest BCUT2D eigenvalue weighted by Crippen LogP contribution is -2.59. The van der Waals surface area contributed by atoms with Gasteiger partial charge < -0.3 is 24.0 Å². The van der Waals surface area contributed by atoms with Crippen LogP contribution in [0.5, 0.6) is 5.75 Å². The van der Waals surface area contributed by atoms with Crippen molar-refractivity contribution in [3.8, 4) is 5.75 Å². The predicted octanol–water partition coefficient (Wildman–Crippen LogP) is 3.86. The summed E-state index contributed by atoms with van der Waals surface area (Å²) in [6.45, 7) is 7.30. The van der Waals surface area contributed by atoms with Crippen LogP contribution in [-0.2, 0) is 25.7 Å². The first-order valence-corrected chi connectivity index (χ1v) is 12.0. The predicted molar refractivity (Wildman–Crippen MR) is 132 cm³/mol. The number of hydrogen-bond donors (Lipinski definition) is 1. The van der Waals surface area contributed by atoms with E-state index < -0.39 is 12.0 Å². The monoisotopic (exact) mass is 483 g/mol. The summed E-state index contributed by atoms with van der Waals surface area (Å²) in [5.74, 6) is -0.627. The number of carbonyl (C=O) groups is 3. The number of nitrogens with one attached hydrogen (secondary N) is 1. The minimum atomic E-state index is -0.535. The molecular formula is C27H35N2O6+. The van der Waals surface area contributed by atoms with Crippen molar-refractivity contribution in [2.75, 3.05) is 38.7 Å². The molecule has 1 atom stereocenters. The summed E-state index contributed by atoms with van der Waals surface area (Å²) >= 11 is 0. The van der Waals surface area contributed by atoms with Crippen LogP contribution in [0.15, 0.2) is 42.5 Å². The van der Waals surface area contributed by atoms with Crippen molar-refractivity contribution in [1.82, 2.24) is 0 Å². The smallest absolute Gasteiger partial charge is 0.362 e. The van der Waals surface area contributed by atoms with Crippen LogP contribution in [-0.4, -0.2) is 61.7 Å². The minimum absolute atomic E-state index is 0.119. The average Bonchev–Trinajstić information content (AvgIpc) is 3.33. The van der Waals surface area contributed by atoms with E-state index in [1.165, 1.54) is 7.11 Å². The van der Waals surface area contributed by atoms with Gasteiger partial charge in [-0.25, -0.2) is 9.59 Å². The van der Waals surface area contributed by atoms with Gasteiger partial charge in [0, 0.05) is 12.8 Å². The van der Waals surface area contributed by atoms with Crippen molar-refractivity contribution in [1.29, 1.82) is 0 Å². The molecule has 1 heterocycles. The molecule has 1 amide bonds. The molecule has 35 heavy (non-hydrogen) atoms. The van der Waals surface area contributed by atoms with Crippen LogP contribution in [0, 0.1) is 6.92 Å². The van der Waals surface area contributed by atoms with Crippen LogP contribution in [0.1, 0.15) is 48.2 Å². The highest BCUT2D eigenvalue weighted by Crippen LogP contribution is 2.30. The van der Waals surface area contributed by atoms with E-state index in [-0.39, 0.29) is 37.2 Å². The van der Waals surface area contributed by atoms with E-state index in [1.54, 1.807) is 26.0 Å². The molecule has 1 saturated heterocycles. The number of benzene rings is 2. The molecule has 1 unspecified atom stereocenters. The number of esters is 2. The second-order valence-corrected chi connectivity index (χ2v) is 8.93. The number of anilines is 1. The van der Waals surface area contributed by atoms with Gasteiger partial charge in [-0.05, 0) is 44.0 Å². The fourth-order valence-electron chi connectivity index (χ4n) is 4.57. The van der Waals surface area contributed by atoms with Crippen LogP contribution in [0.3, 0.4) is 0 Å². The van der Waals surface area contributed by atoms with Crippen molar-refractivity contribution in [2.45, 2.75) is 46.3 Å². The highest BCUT2D eigenvalue weighted by molar-refractivity contribution is 6.03. The number of rotatable bonds is 10. The van der Waals surface area contributed by atoms with Crippen LogP contribution in [0.25, 0.3) is 0 Å². The molecule has 0 aliphatic carbocycles. The SMILES string of the molecule is CCOC(=O)c1cc(OC)cc(C)c1NC(=O)C(C)[N+]1(CC(=O)OCc2ccccc2)CCCC1. The number of hydrogen-bond acceptors (Lipinski definition) is 6. The summed E-state index contributed by atoms with van der Waals surface area (Å²) in [6, 6.07) is 12.3. The number of carbonyl (C=O) groups excluding carboxylic acids is 3. The molecule has 0 saturated carbocycles. The van der Waals surface area contributed by atoms with E-state index >= 15 is 0 Å². The quantitative estimate of drug-likeness (QED) is 0.408. The number of amides is 1. The Morgan fingerprint density at radius 2 is 1.74 bits per heavy atom. The zero-order valence-electron chi connectivity index (χ0n) is 21.0. The number of aryl methyl sites for hydroxylation is 1. The third kappa shape index (κ3) is 6.39. The van der Waals surface area contributed by atoms with E-state index in [1.807, 2.05) is 37.3 Å². The van der Waals surface area contributed by atoms with E-state index in [0.717, 1.165) is 18.4 Å². The second-order valence-electron chi connectivity index (χ2n) is 8.93. The van der Waals surface area contributed by atoms with Gasteiger partial charge in [-0.15, -0.1) is 0 Å². The third-order valence-corrected chi connectivity index (χ3v) is 6.63. The lowest BCUT2D eigenvalue weighted by molar-refractivity contribution is -0.922. The molecule has 0 spiro atoms. The number of likely N-dealkylation sites (tertiary alicyclic amines) is 1. The largest absolute Gasteiger partial charge is 0.497 e. The van der Waals surface area contributed by atoms with Gasteiger partial charge in [-0.3, -0.25) is 4.79 Å². The van der Waals surface area contributed by atoms with Crippen molar-refractivity contribution in [3.63, 3.8) is 0 Å². The molecule has 8 nitrogen and oxygen atoms in total. The van der Waals surface area contributed by atoms with Gasteiger partial charge in [0.15, 0.2) is 12.6 Å². The molecular weight excluding hydrogens is 448 g/mol. The van der Waals surface area contributed by atoms with Gasteiger partial charge in [0.05, 0.1) is 38.1 Å². The van der Waals surface area contributed by atoms with Gasteiger partial charge in [-0.1, -0.05) is 30.3 Å². The van der Waals surface area contributed by atoms with Crippen LogP contribution in [0.2, 0.25) is 0 Å². The van der Waals surface area contributed by atoms with E-state index in [0.29, 0.717) is 34.6 Å². The normalized spacial score (nSPS) is 15.2. The maximum Gasteiger partial charge on any atom is 0.362 e. The molecule has 0 aromatic heterocycles. The Morgan fingerprint density at radius 3 is 2.37 bits per heavy atom. The third-order valence-electron chi connectivity index (χ3n) is 6.63. The second kappa shape index (κ2) is 11.8. The summed E-state index contributed by atoms with van der Waals surface area (Å²) in [5, 5.41) is 2.94. The summed E-state index contributed by atoms with van der Waals surface area (Å²) in [4.78, 5) is 38.8. The summed E-state index contributed by atoms with van der Waals surface area (Å²) in [7, 11) is 1.52. The molecule has 8 heteroatoms. The first-order chi connectivity index (χ1) is 16.8. The molecule has 3 rings (SSSR count). The van der Waals surface area contributed by atoms with Crippen molar-refractivity contribution < 1.29 is 33.1 Å². The average molecular weight is 484 g/mol. The number of ether oxygens (including phenoxy) is 3. The Labute approximate surface area is 206 Å². The number of methoxy groups -OCH3 is 1. The minimum Gasteiger partial charge on any atom is -0.497 e. The maximum atomic E-state index is 13.4. The maximum absolute atomic E-state index is 13.4. The number of nitrogens with zero attached hydrogens (tertiary/aromatic N) is 1. The van der Waals surface area contributed by atoms with Crippen molar-refractivity contribution in [2.24, 2.45) is 0 Å². The number of quaternary nitrogens is 1. The highest BCUT2D eigenvalue weighted by atomic mass is 16.5. The standard InChI is InChI=1S/C27H34N2O6/c1-5-34-27(32)23-16-22(33-4)15-19(2)25(23)28-26(31)20(3)29(13-9-10-14-29)17-24(30)35-18-21-11-7-6-8-12-21/h6-8,11-12,15-16,20H,5,9-10,13-14,17-18H2,1-4H3/p+1. The highest BCUT2D eigenvalue weighted by Gasteiger charge is 2.43. The first-order valence-electron chi connectivity index (χ1n) is 12.0. The molecule has 1 aliphatic rings. The molecule has 1 aliphatic heterocycles. The lowest BCUT2D eigenvalue weighted by Gasteiger charge is -2.38. The Balaban J connectivity index is 1.76. The molecule has 0 bridgehead atoms. The van der Waals surface area contributed by atoms with Gasteiger partial charge >= 0.3 is 11.9 Å². The summed E-state index contributed by atoms with van der Waals surface area (Å²) in [5.41, 5.74) is 2.23. The topological polar surface area (TPSA) is 90.9 Å². The Bertz CT molecular complexity index is 1050. The zero-order chi connectivity index (χ0) is 25.4. The van der Waals surface area contributed by atoms with Gasteiger partial charge in [0.1, 0.15) is 12.4 Å². The van der Waals surface area contributed by atoms with Crippen molar-refractivity contribution >= 4 is 23.5 Å². The van der Waals surface area contributed by atoms with E-state index in [4.69, 9.17) is 14.2 Å². The van der Waals surface area contributed by atoms with Crippen LogP contribution >= 0.6 is 0 Å². The van der Waals surface area contributed by atoms with Crippen LogP contribution < -0.4 is 10.1 Å². The zero-order valence-corrected chi connectivity index (χ0v) is 21.0. The molecule has 1 N–H and O–H groups in total. The van der Waals surface area contributed by atoms with Crippen LogP contribution in [0.4, 0.5) is 5.69 Å². The molecule has 1 fully saturated rings. The van der Waals surface area contributed by atoms with Crippen molar-refractivity contribution in [3.05, 3.63) is 59.2 Å². The van der Waals surface area contributed by atoms with Gasteiger partial charge in [0.25, 0.3) is 5.91 Å². The van der Waals surface area contributed by atoms with Gasteiger partial charge in [-0.2, -0.15) is 0 Å².